The molecule has 0 saturated carbocycles. The Balaban J connectivity index is 2.27. The molecule has 2 heterocycles. The zero-order chi connectivity index (χ0) is 15.2. The fourth-order valence-electron chi connectivity index (χ4n) is 2.09. The summed E-state index contributed by atoms with van der Waals surface area (Å²) in [6.45, 7) is 2.55. The number of piperazine rings is 1. The number of pyridine rings is 1. The predicted molar refractivity (Wildman–Crippen MR) is 76.3 cm³/mol. The minimum atomic E-state index is -0.522. The van der Waals surface area contributed by atoms with Crippen LogP contribution in [-0.4, -0.2) is 52.5 Å². The molecule has 0 aliphatic carbocycles. The Kier molecular flexibility index (Phi) is 4.90. The number of hydrogen-bond acceptors (Lipinski definition) is 4. The highest BCUT2D eigenvalue weighted by Crippen LogP contribution is 2.12. The van der Waals surface area contributed by atoms with Crippen molar-refractivity contribution in [1.82, 2.24) is 15.2 Å². The molecule has 1 aliphatic heterocycles. The lowest BCUT2D eigenvalue weighted by atomic mass is 10.1. The lowest BCUT2D eigenvalue weighted by Gasteiger charge is -2.32. The average Bonchev–Trinajstić information content (AvgIpc) is 2.50. The smallest absolute Gasteiger partial charge is 0.274 e. The molecule has 2 N–H and O–H groups in total. The first-order chi connectivity index (χ1) is 10.1. The van der Waals surface area contributed by atoms with E-state index in [2.05, 4.69) is 22.1 Å². The number of carbonyl (C=O) groups excluding carboxylic acids is 2. The van der Waals surface area contributed by atoms with Crippen molar-refractivity contribution in [2.75, 3.05) is 19.7 Å². The van der Waals surface area contributed by atoms with Gasteiger partial charge >= 0.3 is 0 Å². The van der Waals surface area contributed by atoms with Gasteiger partial charge in [0.05, 0.1) is 12.2 Å². The lowest BCUT2D eigenvalue weighted by Crippen LogP contribution is -2.56. The summed E-state index contributed by atoms with van der Waals surface area (Å²) in [4.78, 5) is 29.8. The number of aliphatic hydroxyl groups excluding tert-OH is 1. The molecular formula is C15H17N3O3. The second-order valence-corrected chi connectivity index (χ2v) is 4.64. The number of aliphatic hydroxyl groups is 1. The minimum absolute atomic E-state index is 0.0279. The van der Waals surface area contributed by atoms with Crippen molar-refractivity contribution in [3.8, 4) is 11.8 Å². The molecule has 1 fully saturated rings. The third kappa shape index (κ3) is 3.38. The van der Waals surface area contributed by atoms with Crippen molar-refractivity contribution in [2.24, 2.45) is 0 Å². The van der Waals surface area contributed by atoms with Crippen LogP contribution in [0.25, 0.3) is 0 Å². The molecule has 21 heavy (non-hydrogen) atoms. The van der Waals surface area contributed by atoms with Crippen molar-refractivity contribution in [3.63, 3.8) is 0 Å². The van der Waals surface area contributed by atoms with Gasteiger partial charge in [0.25, 0.3) is 5.91 Å². The molecule has 1 aromatic rings. The molecular weight excluding hydrogens is 270 g/mol. The van der Waals surface area contributed by atoms with Gasteiger partial charge in [-0.3, -0.25) is 9.59 Å². The van der Waals surface area contributed by atoms with Crippen molar-refractivity contribution in [1.29, 1.82) is 0 Å². The number of aromatic nitrogens is 1. The van der Waals surface area contributed by atoms with Crippen molar-refractivity contribution in [2.45, 2.75) is 19.4 Å². The van der Waals surface area contributed by atoms with Crippen LogP contribution in [0.3, 0.4) is 0 Å². The maximum Gasteiger partial charge on any atom is 0.274 e. The van der Waals surface area contributed by atoms with Gasteiger partial charge in [0, 0.05) is 25.7 Å². The summed E-state index contributed by atoms with van der Waals surface area (Å²) in [5.74, 6) is 5.15. The van der Waals surface area contributed by atoms with Crippen LogP contribution in [0.4, 0.5) is 0 Å². The lowest BCUT2D eigenvalue weighted by molar-refractivity contribution is -0.127. The average molecular weight is 287 g/mol. The van der Waals surface area contributed by atoms with Gasteiger partial charge in [-0.25, -0.2) is 4.98 Å². The highest BCUT2D eigenvalue weighted by atomic mass is 16.2. The topological polar surface area (TPSA) is 82.5 Å². The zero-order valence-electron chi connectivity index (χ0n) is 11.8. The third-order valence-corrected chi connectivity index (χ3v) is 3.23. The first-order valence-electron chi connectivity index (χ1n) is 6.78. The fourth-order valence-corrected chi connectivity index (χ4v) is 2.09. The molecule has 1 aliphatic rings. The van der Waals surface area contributed by atoms with Crippen molar-refractivity contribution < 1.29 is 14.7 Å². The molecule has 0 aromatic carbocycles. The van der Waals surface area contributed by atoms with Crippen LogP contribution in [0.5, 0.6) is 0 Å². The molecule has 1 aromatic heterocycles. The maximum absolute atomic E-state index is 12.6. The van der Waals surface area contributed by atoms with E-state index in [1.165, 1.54) is 11.1 Å². The molecule has 1 saturated heterocycles. The largest absolute Gasteiger partial charge is 0.395 e. The summed E-state index contributed by atoms with van der Waals surface area (Å²) in [6, 6.07) is 2.89. The SMILES string of the molecule is CC1C(=O)NCCN1C(=O)c1ncccc1C#CCCO. The third-order valence-electron chi connectivity index (χ3n) is 3.23. The molecule has 6 heteroatoms. The van der Waals surface area contributed by atoms with Gasteiger partial charge in [-0.05, 0) is 19.1 Å². The van der Waals surface area contributed by atoms with Gasteiger partial charge in [-0.1, -0.05) is 11.8 Å². The molecule has 2 amide bonds. The Morgan fingerprint density at radius 2 is 2.43 bits per heavy atom. The van der Waals surface area contributed by atoms with E-state index in [4.69, 9.17) is 5.11 Å². The van der Waals surface area contributed by atoms with E-state index in [0.29, 0.717) is 25.1 Å². The van der Waals surface area contributed by atoms with Crippen LogP contribution in [0.1, 0.15) is 29.4 Å². The van der Waals surface area contributed by atoms with Crippen LogP contribution in [0.15, 0.2) is 18.3 Å². The van der Waals surface area contributed by atoms with Crippen LogP contribution >= 0.6 is 0 Å². The molecule has 0 radical (unpaired) electrons. The summed E-state index contributed by atoms with van der Waals surface area (Å²) in [5, 5.41) is 11.5. The van der Waals surface area contributed by atoms with E-state index in [9.17, 15) is 9.59 Å². The minimum Gasteiger partial charge on any atom is -0.395 e. The van der Waals surface area contributed by atoms with E-state index >= 15 is 0 Å². The van der Waals surface area contributed by atoms with Crippen molar-refractivity contribution in [3.05, 3.63) is 29.6 Å². The fraction of sp³-hybridized carbons (Fsp3) is 0.400. The first kappa shape index (κ1) is 15.0. The first-order valence-corrected chi connectivity index (χ1v) is 6.78. The van der Waals surface area contributed by atoms with Crippen molar-refractivity contribution >= 4 is 11.8 Å². The van der Waals surface area contributed by atoms with E-state index in [-0.39, 0.29) is 24.1 Å². The highest BCUT2D eigenvalue weighted by Gasteiger charge is 2.31. The summed E-state index contributed by atoms with van der Waals surface area (Å²) in [5.41, 5.74) is 0.749. The summed E-state index contributed by atoms with van der Waals surface area (Å²) in [6.07, 6.45) is 1.87. The van der Waals surface area contributed by atoms with E-state index < -0.39 is 6.04 Å². The Labute approximate surface area is 123 Å². The van der Waals surface area contributed by atoms with E-state index in [1.54, 1.807) is 19.1 Å². The van der Waals surface area contributed by atoms with Gasteiger partial charge < -0.3 is 15.3 Å². The van der Waals surface area contributed by atoms with Crippen LogP contribution in [0, 0.1) is 11.8 Å². The number of nitrogens with zero attached hydrogens (tertiary/aromatic N) is 2. The number of rotatable bonds is 2. The van der Waals surface area contributed by atoms with Crippen LogP contribution < -0.4 is 5.32 Å². The van der Waals surface area contributed by atoms with Gasteiger partial charge in [0.15, 0.2) is 0 Å². The Morgan fingerprint density at radius 3 is 3.19 bits per heavy atom. The quantitative estimate of drug-likeness (QED) is 0.737. The van der Waals surface area contributed by atoms with Gasteiger partial charge in [-0.15, -0.1) is 0 Å². The second-order valence-electron chi connectivity index (χ2n) is 4.64. The van der Waals surface area contributed by atoms with E-state index in [1.807, 2.05) is 0 Å². The Bertz CT molecular complexity index is 604. The van der Waals surface area contributed by atoms with Gasteiger partial charge in [-0.2, -0.15) is 0 Å². The summed E-state index contributed by atoms with van der Waals surface area (Å²) in [7, 11) is 0. The Morgan fingerprint density at radius 1 is 1.62 bits per heavy atom. The monoisotopic (exact) mass is 287 g/mol. The van der Waals surface area contributed by atoms with Crippen LogP contribution in [-0.2, 0) is 4.79 Å². The normalized spacial score (nSPS) is 17.7. The molecule has 110 valence electrons. The second kappa shape index (κ2) is 6.86. The molecule has 0 spiro atoms. The predicted octanol–water partition coefficient (Wildman–Crippen LogP) is -0.224. The maximum atomic E-state index is 12.6. The zero-order valence-corrected chi connectivity index (χ0v) is 11.8. The number of nitrogens with one attached hydrogen (secondary N) is 1. The molecule has 6 nitrogen and oxygen atoms in total. The molecule has 1 unspecified atom stereocenters. The summed E-state index contributed by atoms with van der Waals surface area (Å²) >= 11 is 0. The standard InChI is InChI=1S/C15H17N3O3/c1-11-14(20)17-8-9-18(11)15(21)13-12(5-2-3-10-19)6-4-7-16-13/h4,6-7,11,19H,3,8-10H2,1H3,(H,17,20). The number of hydrogen-bond donors (Lipinski definition) is 2. The number of amides is 2. The van der Waals surface area contributed by atoms with Crippen LogP contribution in [0.2, 0.25) is 0 Å². The summed E-state index contributed by atoms with van der Waals surface area (Å²) < 4.78 is 0. The van der Waals surface area contributed by atoms with Gasteiger partial charge in [0.2, 0.25) is 5.91 Å². The molecule has 0 bridgehead atoms. The Hall–Kier alpha value is -2.39. The van der Waals surface area contributed by atoms with Gasteiger partial charge in [0.1, 0.15) is 11.7 Å². The number of carbonyl (C=O) groups is 2. The molecule has 2 rings (SSSR count). The van der Waals surface area contributed by atoms with E-state index in [0.717, 1.165) is 0 Å². The molecule has 1 atom stereocenters. The highest BCUT2D eigenvalue weighted by molar-refractivity contribution is 5.98.